The average molecular weight is 269 g/mol. The molecule has 3 atom stereocenters. The molecule has 3 unspecified atom stereocenters. The van der Waals surface area contributed by atoms with E-state index in [-0.39, 0.29) is 16.9 Å². The maximum Gasteiger partial charge on any atom is 0.146 e. The fraction of sp³-hybridized carbons (Fsp3) is 0.571. The van der Waals surface area contributed by atoms with E-state index in [0.717, 1.165) is 12.5 Å². The van der Waals surface area contributed by atoms with Gasteiger partial charge in [0.1, 0.15) is 5.82 Å². The maximum atomic E-state index is 14.1. The second kappa shape index (κ2) is 4.80. The van der Waals surface area contributed by atoms with Gasteiger partial charge in [-0.05, 0) is 31.2 Å². The molecule has 3 rings (SSSR count). The van der Waals surface area contributed by atoms with Crippen LogP contribution in [0.25, 0.3) is 0 Å². The zero-order chi connectivity index (χ0) is 12.7. The number of halogens is 2. The van der Waals surface area contributed by atoms with Crippen molar-refractivity contribution in [1.29, 1.82) is 0 Å². The Morgan fingerprint density at radius 1 is 1.44 bits per heavy atom. The number of piperidine rings is 1. The SMILES string of the molecule is NCC(c1cccc(Cl)c1F)N1CC2CCC1C2. The van der Waals surface area contributed by atoms with Crippen molar-refractivity contribution in [3.63, 3.8) is 0 Å². The van der Waals surface area contributed by atoms with Crippen LogP contribution in [-0.2, 0) is 0 Å². The first-order chi connectivity index (χ1) is 8.70. The number of nitrogens with zero attached hydrogens (tertiary/aromatic N) is 1. The van der Waals surface area contributed by atoms with Gasteiger partial charge in [0.15, 0.2) is 0 Å². The number of likely N-dealkylation sites (tertiary alicyclic amines) is 1. The molecule has 2 N–H and O–H groups in total. The molecular formula is C14H18ClFN2. The van der Waals surface area contributed by atoms with Crippen molar-refractivity contribution in [3.8, 4) is 0 Å². The summed E-state index contributed by atoms with van der Waals surface area (Å²) < 4.78 is 14.1. The van der Waals surface area contributed by atoms with Crippen LogP contribution in [0.2, 0.25) is 5.02 Å². The molecule has 1 saturated carbocycles. The molecule has 2 nitrogen and oxygen atoms in total. The Hall–Kier alpha value is -0.640. The van der Waals surface area contributed by atoms with E-state index in [1.807, 2.05) is 6.07 Å². The summed E-state index contributed by atoms with van der Waals surface area (Å²) in [5.41, 5.74) is 6.53. The van der Waals surface area contributed by atoms with E-state index in [9.17, 15) is 4.39 Å². The molecule has 0 aromatic heterocycles. The summed E-state index contributed by atoms with van der Waals surface area (Å²) >= 11 is 5.87. The van der Waals surface area contributed by atoms with Crippen LogP contribution in [0.4, 0.5) is 4.39 Å². The molecule has 4 heteroatoms. The first-order valence-electron chi connectivity index (χ1n) is 6.60. The Balaban J connectivity index is 1.90. The number of hydrogen-bond acceptors (Lipinski definition) is 2. The van der Waals surface area contributed by atoms with E-state index in [2.05, 4.69) is 4.90 Å². The summed E-state index contributed by atoms with van der Waals surface area (Å²) in [5.74, 6) is 0.476. The van der Waals surface area contributed by atoms with E-state index < -0.39 is 0 Å². The Kier molecular flexibility index (Phi) is 3.31. The highest BCUT2D eigenvalue weighted by atomic mass is 35.5. The molecule has 18 heavy (non-hydrogen) atoms. The van der Waals surface area contributed by atoms with Crippen LogP contribution in [0.3, 0.4) is 0 Å². The molecule has 1 aliphatic carbocycles. The molecule has 1 aliphatic heterocycles. The van der Waals surface area contributed by atoms with E-state index in [0.29, 0.717) is 18.2 Å². The topological polar surface area (TPSA) is 29.3 Å². The summed E-state index contributed by atoms with van der Waals surface area (Å²) in [6.07, 6.45) is 3.79. The molecular weight excluding hydrogens is 251 g/mol. The van der Waals surface area contributed by atoms with Gasteiger partial charge in [-0.3, -0.25) is 4.90 Å². The van der Waals surface area contributed by atoms with Crippen LogP contribution in [0.5, 0.6) is 0 Å². The highest BCUT2D eigenvalue weighted by Gasteiger charge is 2.41. The summed E-state index contributed by atoms with van der Waals surface area (Å²) in [6, 6.07) is 5.76. The van der Waals surface area contributed by atoms with Gasteiger partial charge in [0.25, 0.3) is 0 Å². The van der Waals surface area contributed by atoms with Gasteiger partial charge in [0, 0.05) is 24.7 Å². The molecule has 0 spiro atoms. The number of benzene rings is 1. The molecule has 0 amide bonds. The number of rotatable bonds is 3. The van der Waals surface area contributed by atoms with Crippen molar-refractivity contribution in [2.24, 2.45) is 11.7 Å². The lowest BCUT2D eigenvalue weighted by atomic mass is 10.0. The van der Waals surface area contributed by atoms with Crippen molar-refractivity contribution in [1.82, 2.24) is 4.90 Å². The second-order valence-corrected chi connectivity index (χ2v) is 5.83. The minimum atomic E-state index is -0.308. The fourth-order valence-corrected chi connectivity index (χ4v) is 3.75. The normalized spacial score (nSPS) is 28.8. The minimum Gasteiger partial charge on any atom is -0.329 e. The summed E-state index contributed by atoms with van der Waals surface area (Å²) in [5, 5.41) is 0.190. The highest BCUT2D eigenvalue weighted by Crippen LogP contribution is 2.42. The molecule has 1 aromatic rings. The van der Waals surface area contributed by atoms with Crippen molar-refractivity contribution >= 4 is 11.6 Å². The van der Waals surface area contributed by atoms with E-state index in [1.165, 1.54) is 19.3 Å². The van der Waals surface area contributed by atoms with E-state index >= 15 is 0 Å². The summed E-state index contributed by atoms with van der Waals surface area (Å²) in [7, 11) is 0. The predicted octanol–water partition coefficient (Wildman–Crippen LogP) is 2.96. The molecule has 2 fully saturated rings. The molecule has 1 aromatic carbocycles. The van der Waals surface area contributed by atoms with Crippen LogP contribution in [0, 0.1) is 11.7 Å². The Morgan fingerprint density at radius 2 is 2.28 bits per heavy atom. The van der Waals surface area contributed by atoms with Crippen molar-refractivity contribution in [3.05, 3.63) is 34.6 Å². The van der Waals surface area contributed by atoms with Crippen LogP contribution >= 0.6 is 11.6 Å². The van der Waals surface area contributed by atoms with E-state index in [4.69, 9.17) is 17.3 Å². The number of nitrogens with two attached hydrogens (primary N) is 1. The van der Waals surface area contributed by atoms with E-state index in [1.54, 1.807) is 12.1 Å². The maximum absolute atomic E-state index is 14.1. The van der Waals surface area contributed by atoms with Gasteiger partial charge in [-0.25, -0.2) is 4.39 Å². The lowest BCUT2D eigenvalue weighted by molar-refractivity contribution is 0.150. The van der Waals surface area contributed by atoms with Crippen LogP contribution in [0.1, 0.15) is 30.9 Å². The van der Waals surface area contributed by atoms with Gasteiger partial charge in [-0.2, -0.15) is 0 Å². The van der Waals surface area contributed by atoms with Crippen LogP contribution in [0.15, 0.2) is 18.2 Å². The van der Waals surface area contributed by atoms with Gasteiger partial charge in [0.05, 0.1) is 11.1 Å². The number of hydrogen-bond donors (Lipinski definition) is 1. The third-order valence-corrected chi connectivity index (χ3v) is 4.71. The smallest absolute Gasteiger partial charge is 0.146 e. The standard InChI is InChI=1S/C14H18ClFN2/c15-12-3-1-2-11(14(12)16)13(7-17)18-8-9-4-5-10(18)6-9/h1-3,9-10,13H,4-8,17H2. The van der Waals surface area contributed by atoms with Crippen molar-refractivity contribution in [2.75, 3.05) is 13.1 Å². The van der Waals surface area contributed by atoms with Gasteiger partial charge in [-0.1, -0.05) is 23.7 Å². The largest absolute Gasteiger partial charge is 0.329 e. The van der Waals surface area contributed by atoms with Crippen LogP contribution in [-0.4, -0.2) is 24.0 Å². The molecule has 1 saturated heterocycles. The average Bonchev–Trinajstić information content (AvgIpc) is 2.98. The zero-order valence-corrected chi connectivity index (χ0v) is 11.0. The zero-order valence-electron chi connectivity index (χ0n) is 10.3. The molecule has 98 valence electrons. The second-order valence-electron chi connectivity index (χ2n) is 5.42. The first kappa shape index (κ1) is 12.4. The quantitative estimate of drug-likeness (QED) is 0.913. The van der Waals surface area contributed by atoms with Gasteiger partial charge in [-0.15, -0.1) is 0 Å². The number of fused-ring (bicyclic) bond motifs is 2. The van der Waals surface area contributed by atoms with Crippen LogP contribution < -0.4 is 5.73 Å². The summed E-state index contributed by atoms with van der Waals surface area (Å²) in [4.78, 5) is 2.38. The predicted molar refractivity (Wildman–Crippen MR) is 71.0 cm³/mol. The van der Waals surface area contributed by atoms with Crippen molar-refractivity contribution in [2.45, 2.75) is 31.3 Å². The van der Waals surface area contributed by atoms with Gasteiger partial charge < -0.3 is 5.73 Å². The third kappa shape index (κ3) is 1.94. The highest BCUT2D eigenvalue weighted by molar-refractivity contribution is 6.30. The molecule has 2 aliphatic rings. The Bertz CT molecular complexity index is 451. The lowest BCUT2D eigenvalue weighted by Gasteiger charge is -2.34. The molecule has 1 heterocycles. The van der Waals surface area contributed by atoms with Gasteiger partial charge >= 0.3 is 0 Å². The molecule has 2 bridgehead atoms. The fourth-order valence-electron chi connectivity index (χ4n) is 3.56. The monoisotopic (exact) mass is 268 g/mol. The van der Waals surface area contributed by atoms with Gasteiger partial charge in [0.2, 0.25) is 0 Å². The molecule has 0 radical (unpaired) electrons. The Morgan fingerprint density at radius 3 is 2.89 bits per heavy atom. The lowest BCUT2D eigenvalue weighted by Crippen LogP contribution is -2.39. The third-order valence-electron chi connectivity index (χ3n) is 4.42. The van der Waals surface area contributed by atoms with Crippen molar-refractivity contribution < 1.29 is 4.39 Å². The first-order valence-corrected chi connectivity index (χ1v) is 6.98. The minimum absolute atomic E-state index is 0.0287. The summed E-state index contributed by atoms with van der Waals surface area (Å²) in [6.45, 7) is 1.50. The Labute approximate surface area is 112 Å².